The normalized spacial score (nSPS) is 11.3. The van der Waals surface area contributed by atoms with Gasteiger partial charge in [0.25, 0.3) is 5.69 Å². The van der Waals surface area contributed by atoms with Crippen LogP contribution in [0.1, 0.15) is 52.5 Å². The highest BCUT2D eigenvalue weighted by atomic mass is 19.2. The number of hydrogen-bond acceptors (Lipinski definition) is 7. The van der Waals surface area contributed by atoms with Gasteiger partial charge < -0.3 is 18.9 Å². The summed E-state index contributed by atoms with van der Waals surface area (Å²) < 4.78 is 134. The van der Waals surface area contributed by atoms with Crippen LogP contribution < -0.4 is 18.9 Å². The van der Waals surface area contributed by atoms with Crippen molar-refractivity contribution >= 4 is 17.6 Å². The first-order chi connectivity index (χ1) is 24.3. The first-order valence-electron chi connectivity index (χ1n) is 14.7. The zero-order valence-electron chi connectivity index (χ0n) is 26.1. The number of nitrogens with zero attached hydrogens (tertiary/aromatic N) is 2. The van der Waals surface area contributed by atoms with Crippen LogP contribution in [0, 0.1) is 70.4 Å². The van der Waals surface area contributed by atoms with Gasteiger partial charge in [0, 0.05) is 48.5 Å². The Morgan fingerprint density at radius 3 is 1.33 bits per heavy atom. The van der Waals surface area contributed by atoms with E-state index in [-0.39, 0.29) is 30.6 Å². The number of carbonyl (C=O) groups is 2. The smallest absolute Gasteiger partial charge is 0.349 e. The Kier molecular flexibility index (Phi) is 12.2. The second-order valence-electron chi connectivity index (χ2n) is 10.6. The lowest BCUT2D eigenvalue weighted by Gasteiger charge is -2.16. The van der Waals surface area contributed by atoms with E-state index in [4.69, 9.17) is 21.3 Å². The summed E-state index contributed by atoms with van der Waals surface area (Å²) in [6.07, 6.45) is 1.23. The third kappa shape index (κ3) is 9.10. The van der Waals surface area contributed by atoms with Crippen LogP contribution in [0.4, 0.5) is 40.8 Å². The molecule has 0 bridgehead atoms. The van der Waals surface area contributed by atoms with E-state index in [1.807, 2.05) is 6.92 Å². The molecule has 0 saturated carbocycles. The fraction of sp³-hybridized carbons (Fsp3) is 0.200. The summed E-state index contributed by atoms with van der Waals surface area (Å²) in [4.78, 5) is 27.3. The van der Waals surface area contributed by atoms with E-state index in [1.165, 1.54) is 6.07 Å². The van der Waals surface area contributed by atoms with Gasteiger partial charge in [-0.1, -0.05) is 13.3 Å². The highest BCUT2D eigenvalue weighted by Crippen LogP contribution is 2.30. The minimum atomic E-state index is -1.60. The first-order valence-corrected chi connectivity index (χ1v) is 14.7. The molecule has 1 unspecified atom stereocenters. The Morgan fingerprint density at radius 2 is 1.00 bits per heavy atom. The average Bonchev–Trinajstić information content (AvgIpc) is 3.03. The molecule has 4 aromatic carbocycles. The fourth-order valence-corrected chi connectivity index (χ4v) is 4.64. The number of benzene rings is 4. The lowest BCUT2D eigenvalue weighted by Crippen LogP contribution is -2.15. The van der Waals surface area contributed by atoms with Gasteiger partial charge in [-0.15, -0.1) is 0 Å². The molecule has 4 aromatic rings. The Balaban J connectivity index is 1.29. The van der Waals surface area contributed by atoms with Gasteiger partial charge >= 0.3 is 11.9 Å². The quantitative estimate of drug-likeness (QED) is 0.0589. The summed E-state index contributed by atoms with van der Waals surface area (Å²) >= 11 is 0. The number of nitriles is 1. The second-order valence-corrected chi connectivity index (χ2v) is 10.6. The zero-order valence-corrected chi connectivity index (χ0v) is 26.1. The third-order valence-corrected chi connectivity index (χ3v) is 7.26. The molecule has 0 N–H and O–H groups in total. The fourth-order valence-electron chi connectivity index (χ4n) is 4.64. The molecule has 0 saturated heterocycles. The Morgan fingerprint density at radius 1 is 0.647 bits per heavy atom. The first kappa shape index (κ1) is 37.7. The van der Waals surface area contributed by atoms with Crippen LogP contribution in [0.3, 0.4) is 0 Å². The molecule has 4 rings (SSSR count). The predicted octanol–water partition coefficient (Wildman–Crippen LogP) is 8.92. The molecule has 0 amide bonds. The lowest BCUT2D eigenvalue weighted by atomic mass is 9.99. The number of esters is 2. The Hall–Kier alpha value is -6.16. The van der Waals surface area contributed by atoms with Crippen molar-refractivity contribution in [2.45, 2.75) is 26.2 Å². The summed E-state index contributed by atoms with van der Waals surface area (Å²) in [7, 11) is 0. The van der Waals surface area contributed by atoms with Gasteiger partial charge in [0.2, 0.25) is 0 Å². The van der Waals surface area contributed by atoms with Gasteiger partial charge in [0.15, 0.2) is 0 Å². The van der Waals surface area contributed by atoms with Crippen LogP contribution in [-0.4, -0.2) is 25.2 Å². The molecule has 0 fully saturated rings. The zero-order chi connectivity index (χ0) is 37.4. The van der Waals surface area contributed by atoms with E-state index in [9.17, 15) is 44.7 Å². The average molecular weight is 719 g/mol. The van der Waals surface area contributed by atoms with Crippen LogP contribution in [0.2, 0.25) is 0 Å². The minimum absolute atomic E-state index is 0.0553. The standard InChI is InChI=1S/C35H22F8N2O6/c1-3-17(4-6-48-18-8-25(38)31(26(39)9-18)34(46)50-20-12-23(36)22(16-44)24(37)13-20)5-7-49-19-10-27(40)32(28(41)11-19)35(47)51-21-14-29(42)33(45-2)30(43)15-21/h8-15,17H,3-7H2,1H3. The Bertz CT molecular complexity index is 1840. The van der Waals surface area contributed by atoms with Crippen LogP contribution in [0.25, 0.3) is 4.85 Å². The molecular formula is C35H22F8N2O6. The van der Waals surface area contributed by atoms with Gasteiger partial charge in [-0.3, -0.25) is 0 Å². The SMILES string of the molecule is [C-]#[N+]c1c(F)cc(OC(=O)c2c(F)cc(OCCC(CC)CCOc3cc(F)c(C(=O)Oc4cc(F)c(C#N)c(F)c4)c(F)c3)cc2F)cc1F. The topological polar surface area (TPSA) is 99.2 Å². The maximum atomic E-state index is 14.7. The van der Waals surface area contributed by atoms with Crippen molar-refractivity contribution in [2.24, 2.45) is 5.92 Å². The molecule has 51 heavy (non-hydrogen) atoms. The van der Waals surface area contributed by atoms with Gasteiger partial charge in [-0.25, -0.2) is 49.6 Å². The van der Waals surface area contributed by atoms with Crippen molar-refractivity contribution < 1.29 is 63.7 Å². The maximum absolute atomic E-state index is 14.7. The summed E-state index contributed by atoms with van der Waals surface area (Å²) in [6, 6.07) is 6.12. The molecule has 1 atom stereocenters. The minimum Gasteiger partial charge on any atom is -0.493 e. The second kappa shape index (κ2) is 16.5. The highest BCUT2D eigenvalue weighted by Gasteiger charge is 2.25. The van der Waals surface area contributed by atoms with Crippen molar-refractivity contribution in [3.05, 3.63) is 123 Å². The van der Waals surface area contributed by atoms with Crippen LogP contribution in [0.15, 0.2) is 48.5 Å². The van der Waals surface area contributed by atoms with Gasteiger partial charge in [0.1, 0.15) is 92.3 Å². The molecule has 0 radical (unpaired) electrons. The lowest BCUT2D eigenvalue weighted by molar-refractivity contribution is 0.0713. The van der Waals surface area contributed by atoms with Crippen molar-refractivity contribution in [3.8, 4) is 29.1 Å². The van der Waals surface area contributed by atoms with E-state index >= 15 is 0 Å². The largest absolute Gasteiger partial charge is 0.493 e. The maximum Gasteiger partial charge on any atom is 0.349 e. The van der Waals surface area contributed by atoms with E-state index in [0.29, 0.717) is 67.8 Å². The molecule has 0 aliphatic rings. The molecule has 0 aliphatic heterocycles. The van der Waals surface area contributed by atoms with Crippen LogP contribution in [-0.2, 0) is 0 Å². The molecule has 16 heteroatoms. The van der Waals surface area contributed by atoms with E-state index in [0.717, 1.165) is 0 Å². The molecular weight excluding hydrogens is 696 g/mol. The summed E-state index contributed by atoms with van der Waals surface area (Å²) in [5, 5.41) is 8.72. The molecule has 0 aliphatic carbocycles. The molecule has 0 aromatic heterocycles. The van der Waals surface area contributed by atoms with Crippen molar-refractivity contribution in [1.82, 2.24) is 0 Å². The number of rotatable bonds is 13. The monoisotopic (exact) mass is 718 g/mol. The number of ether oxygens (including phenoxy) is 4. The van der Waals surface area contributed by atoms with Crippen LogP contribution in [0.5, 0.6) is 23.0 Å². The van der Waals surface area contributed by atoms with Gasteiger partial charge in [-0.2, -0.15) is 5.26 Å². The van der Waals surface area contributed by atoms with Gasteiger partial charge in [-0.05, 0) is 18.8 Å². The van der Waals surface area contributed by atoms with Crippen molar-refractivity contribution in [1.29, 1.82) is 5.26 Å². The van der Waals surface area contributed by atoms with Gasteiger partial charge in [0.05, 0.1) is 19.8 Å². The summed E-state index contributed by atoms with van der Waals surface area (Å²) in [6.45, 7) is 8.44. The van der Waals surface area contributed by atoms with Crippen LogP contribution >= 0.6 is 0 Å². The van der Waals surface area contributed by atoms with E-state index in [1.54, 1.807) is 0 Å². The van der Waals surface area contributed by atoms with Crippen molar-refractivity contribution in [3.63, 3.8) is 0 Å². The molecule has 0 spiro atoms. The molecule has 0 heterocycles. The molecule has 264 valence electrons. The van der Waals surface area contributed by atoms with E-state index in [2.05, 4.69) is 14.3 Å². The van der Waals surface area contributed by atoms with Crippen molar-refractivity contribution in [2.75, 3.05) is 13.2 Å². The highest BCUT2D eigenvalue weighted by molar-refractivity contribution is 5.92. The number of hydrogen-bond donors (Lipinski definition) is 0. The number of carbonyl (C=O) groups excluding carboxylic acids is 2. The van der Waals surface area contributed by atoms with E-state index < -0.39 is 92.4 Å². The number of halogens is 8. The predicted molar refractivity (Wildman–Crippen MR) is 160 cm³/mol. The third-order valence-electron chi connectivity index (χ3n) is 7.26. The Labute approximate surface area is 284 Å². The summed E-state index contributed by atoms with van der Waals surface area (Å²) in [5.74, 6) is -16.2. The molecule has 8 nitrogen and oxygen atoms in total. The summed E-state index contributed by atoms with van der Waals surface area (Å²) in [5.41, 5.74) is -4.20.